The van der Waals surface area contributed by atoms with E-state index in [0.29, 0.717) is 12.5 Å². The zero-order valence-corrected chi connectivity index (χ0v) is 9.62. The van der Waals surface area contributed by atoms with Crippen LogP contribution in [0.5, 0.6) is 0 Å². The predicted octanol–water partition coefficient (Wildman–Crippen LogP) is 0.962. The molecule has 0 aromatic heterocycles. The fourth-order valence-corrected chi connectivity index (χ4v) is 3.15. The number of likely N-dealkylation sites (tertiary alicyclic amines) is 1. The monoisotopic (exact) mass is 212 g/mol. The Kier molecular flexibility index (Phi) is 3.65. The van der Waals surface area contributed by atoms with Gasteiger partial charge in [-0.25, -0.2) is 0 Å². The van der Waals surface area contributed by atoms with Crippen molar-refractivity contribution in [1.82, 2.24) is 4.90 Å². The smallest absolute Gasteiger partial charge is 0.0797 e. The highest BCUT2D eigenvalue weighted by atomic mass is 16.3. The number of hydrogen-bond donors (Lipinski definition) is 2. The van der Waals surface area contributed by atoms with Gasteiger partial charge < -0.3 is 15.7 Å². The van der Waals surface area contributed by atoms with E-state index in [1.54, 1.807) is 0 Å². The zero-order chi connectivity index (χ0) is 10.7. The Labute approximate surface area is 92.6 Å². The van der Waals surface area contributed by atoms with Gasteiger partial charge in [0.2, 0.25) is 0 Å². The van der Waals surface area contributed by atoms with Crippen LogP contribution in [0.2, 0.25) is 0 Å². The van der Waals surface area contributed by atoms with Gasteiger partial charge in [0.05, 0.1) is 5.60 Å². The maximum absolute atomic E-state index is 10.3. The fraction of sp³-hybridized carbons (Fsp3) is 1.00. The van der Waals surface area contributed by atoms with Crippen molar-refractivity contribution >= 4 is 0 Å². The molecule has 3 heteroatoms. The summed E-state index contributed by atoms with van der Waals surface area (Å²) in [6.07, 6.45) is 7.07. The quantitative estimate of drug-likeness (QED) is 0.730. The number of nitrogens with two attached hydrogens (primary N) is 1. The molecule has 88 valence electrons. The Hall–Kier alpha value is -0.120. The molecule has 1 heterocycles. The number of hydrogen-bond acceptors (Lipinski definition) is 3. The number of aliphatic hydroxyl groups is 1. The van der Waals surface area contributed by atoms with Crippen molar-refractivity contribution < 1.29 is 5.11 Å². The Morgan fingerprint density at radius 3 is 2.67 bits per heavy atom. The lowest BCUT2D eigenvalue weighted by molar-refractivity contribution is 0.00528. The van der Waals surface area contributed by atoms with Gasteiger partial charge >= 0.3 is 0 Å². The van der Waals surface area contributed by atoms with Crippen LogP contribution in [0.1, 0.15) is 38.5 Å². The minimum absolute atomic E-state index is 0.442. The molecular formula is C12H24N2O. The SMILES string of the molecule is NCC1(O)CCCC1CCN1CCCC1. The Morgan fingerprint density at radius 2 is 2.00 bits per heavy atom. The highest BCUT2D eigenvalue weighted by Gasteiger charge is 2.39. The number of nitrogens with zero attached hydrogens (tertiary/aromatic N) is 1. The van der Waals surface area contributed by atoms with Crippen LogP contribution >= 0.6 is 0 Å². The fourth-order valence-electron chi connectivity index (χ4n) is 3.15. The first-order valence-electron chi connectivity index (χ1n) is 6.39. The summed E-state index contributed by atoms with van der Waals surface area (Å²) in [7, 11) is 0. The van der Waals surface area contributed by atoms with Crippen LogP contribution in [0, 0.1) is 5.92 Å². The van der Waals surface area contributed by atoms with E-state index in [2.05, 4.69) is 4.90 Å². The van der Waals surface area contributed by atoms with E-state index in [1.165, 1.54) is 32.4 Å². The molecule has 3 N–H and O–H groups in total. The molecule has 0 spiro atoms. The first-order valence-corrected chi connectivity index (χ1v) is 6.39. The van der Waals surface area contributed by atoms with Crippen LogP contribution in [0.3, 0.4) is 0 Å². The van der Waals surface area contributed by atoms with Gasteiger partial charge in [-0.1, -0.05) is 6.42 Å². The summed E-state index contributed by atoms with van der Waals surface area (Å²) in [6, 6.07) is 0. The molecule has 2 unspecified atom stereocenters. The Morgan fingerprint density at radius 1 is 1.27 bits per heavy atom. The minimum Gasteiger partial charge on any atom is -0.388 e. The summed E-state index contributed by atoms with van der Waals surface area (Å²) >= 11 is 0. The molecule has 2 aliphatic rings. The second-order valence-corrected chi connectivity index (χ2v) is 5.23. The van der Waals surface area contributed by atoms with Gasteiger partial charge in [0.15, 0.2) is 0 Å². The Bertz CT molecular complexity index is 204. The first-order chi connectivity index (χ1) is 7.24. The minimum atomic E-state index is -0.542. The van der Waals surface area contributed by atoms with Gasteiger partial charge in [0.1, 0.15) is 0 Å². The highest BCUT2D eigenvalue weighted by Crippen LogP contribution is 2.37. The van der Waals surface area contributed by atoms with E-state index >= 15 is 0 Å². The van der Waals surface area contributed by atoms with Crippen molar-refractivity contribution in [1.29, 1.82) is 0 Å². The molecule has 15 heavy (non-hydrogen) atoms. The van der Waals surface area contributed by atoms with Crippen LogP contribution in [0.25, 0.3) is 0 Å². The second-order valence-electron chi connectivity index (χ2n) is 5.23. The molecule has 1 aliphatic heterocycles. The molecule has 0 amide bonds. The summed E-state index contributed by atoms with van der Waals surface area (Å²) in [5.74, 6) is 0.447. The third-order valence-electron chi connectivity index (χ3n) is 4.27. The number of rotatable bonds is 4. The summed E-state index contributed by atoms with van der Waals surface area (Å²) in [6.45, 7) is 4.12. The lowest BCUT2D eigenvalue weighted by Gasteiger charge is -2.30. The highest BCUT2D eigenvalue weighted by molar-refractivity contribution is 4.93. The molecule has 0 aromatic carbocycles. The molecule has 1 aliphatic carbocycles. The molecule has 2 fully saturated rings. The van der Waals surface area contributed by atoms with Crippen molar-refractivity contribution in [3.8, 4) is 0 Å². The van der Waals surface area contributed by atoms with Crippen LogP contribution in [0.4, 0.5) is 0 Å². The third-order valence-corrected chi connectivity index (χ3v) is 4.27. The summed E-state index contributed by atoms with van der Waals surface area (Å²) in [4.78, 5) is 2.52. The van der Waals surface area contributed by atoms with E-state index < -0.39 is 5.60 Å². The lowest BCUT2D eigenvalue weighted by atomic mass is 9.88. The summed E-state index contributed by atoms with van der Waals surface area (Å²) < 4.78 is 0. The summed E-state index contributed by atoms with van der Waals surface area (Å²) in [5, 5.41) is 10.3. The van der Waals surface area contributed by atoms with E-state index in [0.717, 1.165) is 25.8 Å². The van der Waals surface area contributed by atoms with E-state index in [4.69, 9.17) is 5.73 Å². The largest absolute Gasteiger partial charge is 0.388 e. The zero-order valence-electron chi connectivity index (χ0n) is 9.62. The van der Waals surface area contributed by atoms with Gasteiger partial charge in [-0.05, 0) is 57.7 Å². The first kappa shape index (κ1) is 11.4. The van der Waals surface area contributed by atoms with Crippen LogP contribution < -0.4 is 5.73 Å². The standard InChI is InChI=1S/C12H24N2O/c13-10-12(15)6-3-4-11(12)5-9-14-7-1-2-8-14/h11,15H,1-10,13H2. The molecule has 0 bridgehead atoms. The van der Waals surface area contributed by atoms with Gasteiger partial charge in [0, 0.05) is 6.54 Å². The van der Waals surface area contributed by atoms with Gasteiger partial charge in [-0.15, -0.1) is 0 Å². The Balaban J connectivity index is 1.78. The van der Waals surface area contributed by atoms with Crippen LogP contribution in [-0.4, -0.2) is 41.8 Å². The van der Waals surface area contributed by atoms with Crippen molar-refractivity contribution in [2.75, 3.05) is 26.2 Å². The van der Waals surface area contributed by atoms with Gasteiger partial charge in [-0.2, -0.15) is 0 Å². The second kappa shape index (κ2) is 4.81. The van der Waals surface area contributed by atoms with E-state index in [1.807, 2.05) is 0 Å². The normalized spacial score (nSPS) is 37.6. The maximum atomic E-state index is 10.3. The average Bonchev–Trinajstić information content (AvgIpc) is 2.85. The lowest BCUT2D eigenvalue weighted by Crippen LogP contribution is -2.42. The third kappa shape index (κ3) is 2.52. The molecule has 1 saturated heterocycles. The van der Waals surface area contributed by atoms with E-state index in [-0.39, 0.29) is 0 Å². The van der Waals surface area contributed by atoms with Crippen molar-refractivity contribution in [2.24, 2.45) is 11.7 Å². The molecule has 0 radical (unpaired) electrons. The van der Waals surface area contributed by atoms with Crippen molar-refractivity contribution in [3.63, 3.8) is 0 Å². The topological polar surface area (TPSA) is 49.5 Å². The summed E-state index contributed by atoms with van der Waals surface area (Å²) in [5.41, 5.74) is 5.14. The van der Waals surface area contributed by atoms with Crippen LogP contribution in [0.15, 0.2) is 0 Å². The maximum Gasteiger partial charge on any atom is 0.0797 e. The molecule has 3 nitrogen and oxygen atoms in total. The molecule has 0 aromatic rings. The molecule has 1 saturated carbocycles. The predicted molar refractivity (Wildman–Crippen MR) is 61.6 cm³/mol. The van der Waals surface area contributed by atoms with Gasteiger partial charge in [0.25, 0.3) is 0 Å². The van der Waals surface area contributed by atoms with Crippen molar-refractivity contribution in [3.05, 3.63) is 0 Å². The van der Waals surface area contributed by atoms with E-state index in [9.17, 15) is 5.11 Å². The van der Waals surface area contributed by atoms with Crippen molar-refractivity contribution in [2.45, 2.75) is 44.1 Å². The average molecular weight is 212 g/mol. The molecule has 2 atom stereocenters. The van der Waals surface area contributed by atoms with Gasteiger partial charge in [-0.3, -0.25) is 0 Å². The van der Waals surface area contributed by atoms with Crippen LogP contribution in [-0.2, 0) is 0 Å². The molecular weight excluding hydrogens is 188 g/mol. The molecule has 2 rings (SSSR count).